The summed E-state index contributed by atoms with van der Waals surface area (Å²) in [5, 5.41) is 10.6. The summed E-state index contributed by atoms with van der Waals surface area (Å²) in [5.74, 6) is 0. The molecule has 0 atom stereocenters. The number of rotatable bonds is 6. The molecular weight excluding hydrogens is 272 g/mol. The van der Waals surface area contributed by atoms with Crippen molar-refractivity contribution >= 4 is 27.3 Å². The maximum absolute atomic E-state index is 8.40. The van der Waals surface area contributed by atoms with Crippen LogP contribution in [0.4, 0.5) is 0 Å². The topological polar surface area (TPSA) is 27.0 Å². The van der Waals surface area contributed by atoms with Gasteiger partial charge in [0.2, 0.25) is 0 Å². The van der Waals surface area contributed by atoms with Gasteiger partial charge in [-0.25, -0.2) is 0 Å². The van der Waals surface area contributed by atoms with Gasteiger partial charge >= 0.3 is 0 Å². The number of halogens is 1. The van der Waals surface area contributed by atoms with Crippen LogP contribution < -0.4 is 0 Å². The van der Waals surface area contributed by atoms with Gasteiger partial charge in [-0.15, -0.1) is 11.3 Å². The first kappa shape index (κ1) is 12.7. The van der Waals surface area contributed by atoms with Crippen LogP contribution in [0.15, 0.2) is 15.2 Å². The molecule has 4 heteroatoms. The highest BCUT2D eigenvalue weighted by Crippen LogP contribution is 2.21. The number of hydrogen-bond acceptors (Lipinski definition) is 3. The maximum atomic E-state index is 8.40. The van der Waals surface area contributed by atoms with E-state index in [4.69, 9.17) is 5.26 Å². The molecule has 0 fully saturated rings. The molecule has 0 amide bonds. The van der Waals surface area contributed by atoms with Gasteiger partial charge in [0.1, 0.15) is 0 Å². The van der Waals surface area contributed by atoms with E-state index in [1.807, 2.05) is 0 Å². The molecule has 0 spiro atoms. The number of nitriles is 1. The summed E-state index contributed by atoms with van der Waals surface area (Å²) in [7, 11) is 2.12. The Kier molecular flexibility index (Phi) is 5.92. The molecule has 0 saturated carbocycles. The van der Waals surface area contributed by atoms with E-state index in [1.165, 1.54) is 9.35 Å². The lowest BCUT2D eigenvalue weighted by Gasteiger charge is -2.14. The highest BCUT2D eigenvalue weighted by molar-refractivity contribution is 9.11. The van der Waals surface area contributed by atoms with Gasteiger partial charge in [0.25, 0.3) is 0 Å². The Morgan fingerprint density at radius 1 is 1.53 bits per heavy atom. The van der Waals surface area contributed by atoms with Crippen molar-refractivity contribution in [3.63, 3.8) is 0 Å². The van der Waals surface area contributed by atoms with Crippen LogP contribution in [0, 0.1) is 11.3 Å². The molecule has 1 rings (SSSR count). The molecule has 0 aliphatic rings. The fraction of sp³-hybridized carbons (Fsp3) is 0.545. The molecule has 82 valence electrons. The van der Waals surface area contributed by atoms with Gasteiger partial charge < -0.3 is 4.90 Å². The van der Waals surface area contributed by atoms with Crippen molar-refractivity contribution in [3.05, 3.63) is 20.8 Å². The van der Waals surface area contributed by atoms with Gasteiger partial charge in [-0.3, -0.25) is 0 Å². The minimum Gasteiger partial charge on any atom is -0.302 e. The third-order valence-electron chi connectivity index (χ3n) is 2.15. The number of nitrogens with zero attached hydrogens (tertiary/aromatic N) is 2. The Balaban J connectivity index is 2.19. The van der Waals surface area contributed by atoms with E-state index >= 15 is 0 Å². The quantitative estimate of drug-likeness (QED) is 0.747. The summed E-state index contributed by atoms with van der Waals surface area (Å²) >= 11 is 5.18. The van der Waals surface area contributed by atoms with Crippen LogP contribution in [0.5, 0.6) is 0 Å². The summed E-state index contributed by atoms with van der Waals surface area (Å²) in [5.41, 5.74) is 1.36. The van der Waals surface area contributed by atoms with E-state index in [1.54, 1.807) is 11.3 Å². The first-order valence-corrected chi connectivity index (χ1v) is 6.68. The molecule has 2 nitrogen and oxygen atoms in total. The molecule has 0 aliphatic carbocycles. The van der Waals surface area contributed by atoms with Gasteiger partial charge in [0.15, 0.2) is 0 Å². The lowest BCUT2D eigenvalue weighted by Crippen LogP contribution is -2.18. The highest BCUT2D eigenvalue weighted by atomic mass is 79.9. The van der Waals surface area contributed by atoms with Crippen molar-refractivity contribution in [1.29, 1.82) is 5.26 Å². The first-order chi connectivity index (χ1) is 7.22. The molecule has 15 heavy (non-hydrogen) atoms. The Morgan fingerprint density at radius 2 is 2.33 bits per heavy atom. The van der Waals surface area contributed by atoms with Crippen LogP contribution in [-0.4, -0.2) is 18.5 Å². The first-order valence-electron chi connectivity index (χ1n) is 5.01. The smallest absolute Gasteiger partial charge is 0.0701 e. The molecule has 0 N–H and O–H groups in total. The molecule has 0 bridgehead atoms. The minimum absolute atomic E-state index is 0.678. The van der Waals surface area contributed by atoms with E-state index in [2.05, 4.69) is 45.4 Å². The van der Waals surface area contributed by atoms with E-state index in [0.717, 1.165) is 25.9 Å². The number of hydrogen-bond donors (Lipinski definition) is 0. The zero-order valence-electron chi connectivity index (χ0n) is 8.87. The fourth-order valence-electron chi connectivity index (χ4n) is 1.41. The zero-order chi connectivity index (χ0) is 11.1. The van der Waals surface area contributed by atoms with E-state index in [9.17, 15) is 0 Å². The predicted octanol–water partition coefficient (Wildman–Crippen LogP) is 3.64. The van der Waals surface area contributed by atoms with Crippen LogP contribution in [0.2, 0.25) is 0 Å². The Bertz CT molecular complexity index is 330. The zero-order valence-corrected chi connectivity index (χ0v) is 11.3. The van der Waals surface area contributed by atoms with Crippen LogP contribution in [-0.2, 0) is 6.54 Å². The average Bonchev–Trinajstić information content (AvgIpc) is 2.59. The van der Waals surface area contributed by atoms with E-state index in [0.29, 0.717) is 6.42 Å². The predicted molar refractivity (Wildman–Crippen MR) is 67.8 cm³/mol. The summed E-state index contributed by atoms with van der Waals surface area (Å²) in [6.07, 6.45) is 2.79. The summed E-state index contributed by atoms with van der Waals surface area (Å²) in [6.45, 7) is 2.06. The van der Waals surface area contributed by atoms with Crippen molar-refractivity contribution in [3.8, 4) is 6.07 Å². The van der Waals surface area contributed by atoms with Crippen molar-refractivity contribution in [2.24, 2.45) is 0 Å². The van der Waals surface area contributed by atoms with Crippen LogP contribution in [0.3, 0.4) is 0 Å². The fourth-order valence-corrected chi connectivity index (χ4v) is 2.61. The molecule has 0 aromatic carbocycles. The second-order valence-corrected chi connectivity index (χ2v) is 5.90. The Labute approximate surface area is 104 Å². The van der Waals surface area contributed by atoms with E-state index in [-0.39, 0.29) is 0 Å². The molecule has 0 radical (unpaired) electrons. The van der Waals surface area contributed by atoms with Gasteiger partial charge in [0.05, 0.1) is 9.86 Å². The van der Waals surface area contributed by atoms with Crippen molar-refractivity contribution in [1.82, 2.24) is 4.90 Å². The SMILES string of the molecule is CN(CCCCC#N)Cc1csc(Br)c1. The molecule has 0 saturated heterocycles. The van der Waals surface area contributed by atoms with E-state index < -0.39 is 0 Å². The monoisotopic (exact) mass is 286 g/mol. The number of thiophene rings is 1. The molecule has 1 aromatic heterocycles. The molecule has 1 heterocycles. The Morgan fingerprint density at radius 3 is 2.93 bits per heavy atom. The standard InChI is InChI=1S/C11H15BrN2S/c1-14(6-4-2-3-5-13)8-10-7-11(12)15-9-10/h7,9H,2-4,6,8H2,1H3. The molecule has 0 aliphatic heterocycles. The highest BCUT2D eigenvalue weighted by Gasteiger charge is 2.02. The maximum Gasteiger partial charge on any atom is 0.0701 e. The minimum atomic E-state index is 0.678. The van der Waals surface area contributed by atoms with Crippen LogP contribution >= 0.6 is 27.3 Å². The van der Waals surface area contributed by atoms with Crippen molar-refractivity contribution in [2.75, 3.05) is 13.6 Å². The second-order valence-electron chi connectivity index (χ2n) is 3.61. The van der Waals surface area contributed by atoms with Gasteiger partial charge in [-0.05, 0) is 59.4 Å². The molecule has 1 aromatic rings. The van der Waals surface area contributed by atoms with Crippen molar-refractivity contribution in [2.45, 2.75) is 25.8 Å². The molecular formula is C11H15BrN2S. The van der Waals surface area contributed by atoms with Gasteiger partial charge in [-0.1, -0.05) is 0 Å². The lowest BCUT2D eigenvalue weighted by molar-refractivity contribution is 0.319. The largest absolute Gasteiger partial charge is 0.302 e. The van der Waals surface area contributed by atoms with Gasteiger partial charge in [0, 0.05) is 13.0 Å². The summed E-state index contributed by atoms with van der Waals surface area (Å²) in [6, 6.07) is 4.33. The summed E-state index contributed by atoms with van der Waals surface area (Å²) in [4.78, 5) is 2.30. The summed E-state index contributed by atoms with van der Waals surface area (Å²) < 4.78 is 1.19. The second kappa shape index (κ2) is 7.00. The van der Waals surface area contributed by atoms with Gasteiger partial charge in [-0.2, -0.15) is 5.26 Å². The lowest BCUT2D eigenvalue weighted by atomic mass is 10.2. The Hall–Kier alpha value is -0.370. The molecule has 0 unspecified atom stereocenters. The third-order valence-corrected chi connectivity index (χ3v) is 3.71. The van der Waals surface area contributed by atoms with Crippen molar-refractivity contribution < 1.29 is 0 Å². The third kappa shape index (κ3) is 5.31. The normalized spacial score (nSPS) is 10.5. The van der Waals surface area contributed by atoms with Crippen LogP contribution in [0.1, 0.15) is 24.8 Å². The average molecular weight is 287 g/mol. The number of unbranched alkanes of at least 4 members (excludes halogenated alkanes) is 2. The van der Waals surface area contributed by atoms with Crippen LogP contribution in [0.25, 0.3) is 0 Å².